The molecule has 0 amide bonds. The molecule has 0 bridgehead atoms. The van der Waals surface area contributed by atoms with Crippen LogP contribution in [0.1, 0.15) is 19.7 Å². The zero-order valence-electron chi connectivity index (χ0n) is 9.44. The van der Waals surface area contributed by atoms with Crippen molar-refractivity contribution in [2.45, 2.75) is 26.4 Å². The van der Waals surface area contributed by atoms with Crippen molar-refractivity contribution >= 4 is 0 Å². The first-order valence-corrected chi connectivity index (χ1v) is 5.29. The molecule has 0 saturated carbocycles. The number of hydrogen-bond acceptors (Lipinski definition) is 4. The monoisotopic (exact) mass is 217 g/mol. The normalized spacial score (nSPS) is 10.9. The SMILES string of the molecule is CC(C)NCc1ncc(-c2cnccn2)[nH]1. The van der Waals surface area contributed by atoms with E-state index >= 15 is 0 Å². The van der Waals surface area contributed by atoms with Crippen molar-refractivity contribution in [2.75, 3.05) is 0 Å². The molecule has 84 valence electrons. The lowest BCUT2D eigenvalue weighted by Gasteiger charge is -2.04. The van der Waals surface area contributed by atoms with E-state index in [0.717, 1.165) is 23.8 Å². The molecule has 0 fully saturated rings. The van der Waals surface area contributed by atoms with Crippen molar-refractivity contribution in [3.8, 4) is 11.4 Å². The number of aromatic nitrogens is 4. The molecule has 0 aliphatic carbocycles. The summed E-state index contributed by atoms with van der Waals surface area (Å²) in [5, 5.41) is 3.30. The van der Waals surface area contributed by atoms with Crippen molar-refractivity contribution < 1.29 is 0 Å². The van der Waals surface area contributed by atoms with Crippen LogP contribution in [0.2, 0.25) is 0 Å². The quantitative estimate of drug-likeness (QED) is 0.811. The molecule has 0 aromatic carbocycles. The molecule has 0 aliphatic rings. The first-order chi connectivity index (χ1) is 7.75. The highest BCUT2D eigenvalue weighted by molar-refractivity contribution is 5.51. The second-order valence-corrected chi connectivity index (χ2v) is 3.87. The summed E-state index contributed by atoms with van der Waals surface area (Å²) in [5.41, 5.74) is 1.71. The van der Waals surface area contributed by atoms with Gasteiger partial charge in [-0.25, -0.2) is 4.98 Å². The van der Waals surface area contributed by atoms with Crippen LogP contribution >= 0.6 is 0 Å². The zero-order valence-corrected chi connectivity index (χ0v) is 9.44. The van der Waals surface area contributed by atoms with Crippen molar-refractivity contribution in [3.05, 3.63) is 30.6 Å². The fourth-order valence-electron chi connectivity index (χ4n) is 1.32. The van der Waals surface area contributed by atoms with Crippen molar-refractivity contribution in [3.63, 3.8) is 0 Å². The van der Waals surface area contributed by atoms with Crippen LogP contribution in [0.4, 0.5) is 0 Å². The van der Waals surface area contributed by atoms with Gasteiger partial charge in [-0.05, 0) is 0 Å². The van der Waals surface area contributed by atoms with Gasteiger partial charge in [0, 0.05) is 18.4 Å². The number of hydrogen-bond donors (Lipinski definition) is 2. The molecule has 2 rings (SSSR count). The smallest absolute Gasteiger partial charge is 0.120 e. The van der Waals surface area contributed by atoms with E-state index in [-0.39, 0.29) is 0 Å². The van der Waals surface area contributed by atoms with Crippen LogP contribution in [-0.2, 0) is 6.54 Å². The fourth-order valence-corrected chi connectivity index (χ4v) is 1.32. The summed E-state index contributed by atoms with van der Waals surface area (Å²) in [7, 11) is 0. The van der Waals surface area contributed by atoms with E-state index in [9.17, 15) is 0 Å². The predicted octanol–water partition coefficient (Wildman–Crippen LogP) is 1.36. The van der Waals surface area contributed by atoms with Gasteiger partial charge in [-0.15, -0.1) is 0 Å². The van der Waals surface area contributed by atoms with Crippen LogP contribution in [-0.4, -0.2) is 26.0 Å². The van der Waals surface area contributed by atoms with E-state index in [2.05, 4.69) is 39.1 Å². The largest absolute Gasteiger partial charge is 0.340 e. The van der Waals surface area contributed by atoms with E-state index in [1.807, 2.05) is 0 Å². The summed E-state index contributed by atoms with van der Waals surface area (Å²) in [6.45, 7) is 4.94. The van der Waals surface area contributed by atoms with E-state index < -0.39 is 0 Å². The molecule has 0 radical (unpaired) electrons. The highest BCUT2D eigenvalue weighted by Gasteiger charge is 2.04. The van der Waals surface area contributed by atoms with Gasteiger partial charge in [0.1, 0.15) is 11.5 Å². The lowest BCUT2D eigenvalue weighted by atomic mass is 10.3. The van der Waals surface area contributed by atoms with Gasteiger partial charge >= 0.3 is 0 Å². The number of imidazole rings is 1. The van der Waals surface area contributed by atoms with E-state index in [4.69, 9.17) is 0 Å². The minimum atomic E-state index is 0.449. The Hall–Kier alpha value is -1.75. The van der Waals surface area contributed by atoms with Gasteiger partial charge in [-0.1, -0.05) is 13.8 Å². The minimum absolute atomic E-state index is 0.449. The van der Waals surface area contributed by atoms with Crippen molar-refractivity contribution in [2.24, 2.45) is 0 Å². The van der Waals surface area contributed by atoms with E-state index in [0.29, 0.717) is 6.04 Å². The molecular formula is C11H15N5. The summed E-state index contributed by atoms with van der Waals surface area (Å²) in [6, 6.07) is 0.449. The fraction of sp³-hybridized carbons (Fsp3) is 0.364. The number of nitrogens with zero attached hydrogens (tertiary/aromatic N) is 3. The van der Waals surface area contributed by atoms with Crippen molar-refractivity contribution in [1.82, 2.24) is 25.3 Å². The molecule has 2 heterocycles. The Bertz CT molecular complexity index is 435. The first kappa shape index (κ1) is 10.8. The average molecular weight is 217 g/mol. The third kappa shape index (κ3) is 2.64. The molecule has 2 aromatic rings. The van der Waals surface area contributed by atoms with Crippen LogP contribution in [0.25, 0.3) is 11.4 Å². The summed E-state index contributed by atoms with van der Waals surface area (Å²) in [4.78, 5) is 15.7. The van der Waals surface area contributed by atoms with Gasteiger partial charge in [0.05, 0.1) is 24.6 Å². The Labute approximate surface area is 94.4 Å². The lowest BCUT2D eigenvalue weighted by molar-refractivity contribution is 0.575. The molecule has 0 unspecified atom stereocenters. The summed E-state index contributed by atoms with van der Waals surface area (Å²) >= 11 is 0. The van der Waals surface area contributed by atoms with Gasteiger partial charge in [0.15, 0.2) is 0 Å². The molecule has 0 atom stereocenters. The standard InChI is InChI=1S/C11H15N5/c1-8(2)14-7-11-15-6-10(16-11)9-5-12-3-4-13-9/h3-6,8,14H,7H2,1-2H3,(H,15,16). The maximum Gasteiger partial charge on any atom is 0.120 e. The van der Waals surface area contributed by atoms with Gasteiger partial charge in [0.25, 0.3) is 0 Å². The number of nitrogens with one attached hydrogen (secondary N) is 2. The summed E-state index contributed by atoms with van der Waals surface area (Å²) in [5.74, 6) is 0.911. The molecule has 0 saturated heterocycles. The molecule has 0 aliphatic heterocycles. The number of aromatic amines is 1. The second kappa shape index (κ2) is 4.85. The summed E-state index contributed by atoms with van der Waals surface area (Å²) < 4.78 is 0. The zero-order chi connectivity index (χ0) is 11.4. The minimum Gasteiger partial charge on any atom is -0.340 e. The van der Waals surface area contributed by atoms with Gasteiger partial charge in [-0.3, -0.25) is 9.97 Å². The average Bonchev–Trinajstić information content (AvgIpc) is 2.76. The van der Waals surface area contributed by atoms with Gasteiger partial charge in [0.2, 0.25) is 0 Å². The molecule has 5 nitrogen and oxygen atoms in total. The molecule has 2 N–H and O–H groups in total. The Balaban J connectivity index is 2.08. The lowest BCUT2D eigenvalue weighted by Crippen LogP contribution is -2.22. The van der Waals surface area contributed by atoms with E-state index in [1.165, 1.54) is 0 Å². The second-order valence-electron chi connectivity index (χ2n) is 3.87. The maximum absolute atomic E-state index is 4.28. The van der Waals surface area contributed by atoms with Crippen LogP contribution in [0.5, 0.6) is 0 Å². The van der Waals surface area contributed by atoms with Crippen LogP contribution in [0.15, 0.2) is 24.8 Å². The number of H-pyrrole nitrogens is 1. The molecule has 0 spiro atoms. The number of rotatable bonds is 4. The van der Waals surface area contributed by atoms with Crippen LogP contribution in [0.3, 0.4) is 0 Å². The third-order valence-electron chi connectivity index (χ3n) is 2.15. The third-order valence-corrected chi connectivity index (χ3v) is 2.15. The molecular weight excluding hydrogens is 202 g/mol. The molecule has 2 aromatic heterocycles. The highest BCUT2D eigenvalue weighted by Crippen LogP contribution is 2.11. The Morgan fingerprint density at radius 1 is 1.25 bits per heavy atom. The Morgan fingerprint density at radius 2 is 2.12 bits per heavy atom. The van der Waals surface area contributed by atoms with Crippen molar-refractivity contribution in [1.29, 1.82) is 0 Å². The predicted molar refractivity (Wildman–Crippen MR) is 61.6 cm³/mol. The molecule has 16 heavy (non-hydrogen) atoms. The summed E-state index contributed by atoms with van der Waals surface area (Å²) in [6.07, 6.45) is 6.82. The maximum atomic E-state index is 4.28. The molecule has 5 heteroatoms. The Kier molecular flexibility index (Phi) is 3.26. The van der Waals surface area contributed by atoms with Gasteiger partial charge in [-0.2, -0.15) is 0 Å². The Morgan fingerprint density at radius 3 is 2.81 bits per heavy atom. The van der Waals surface area contributed by atoms with E-state index in [1.54, 1.807) is 24.8 Å². The van der Waals surface area contributed by atoms with Gasteiger partial charge < -0.3 is 10.3 Å². The first-order valence-electron chi connectivity index (χ1n) is 5.29. The highest BCUT2D eigenvalue weighted by atomic mass is 15.0. The van der Waals surface area contributed by atoms with Crippen LogP contribution in [0, 0.1) is 0 Å². The topological polar surface area (TPSA) is 66.5 Å². The van der Waals surface area contributed by atoms with Crippen LogP contribution < -0.4 is 5.32 Å².